The van der Waals surface area contributed by atoms with Crippen molar-refractivity contribution in [2.75, 3.05) is 32.8 Å². The van der Waals surface area contributed by atoms with Crippen molar-refractivity contribution in [3.8, 4) is 28.4 Å². The second-order valence-electron chi connectivity index (χ2n) is 11.9. The molecule has 2 aromatic carbocycles. The first-order chi connectivity index (χ1) is 17.5. The van der Waals surface area contributed by atoms with Crippen molar-refractivity contribution in [3.05, 3.63) is 45.6 Å². The van der Waals surface area contributed by atoms with Crippen molar-refractivity contribution in [1.82, 2.24) is 5.32 Å². The Morgan fingerprint density at radius 3 is 2.38 bits per heavy atom. The lowest BCUT2D eigenvalue weighted by Gasteiger charge is -2.42. The lowest BCUT2D eigenvalue weighted by Crippen LogP contribution is -2.46. The molecule has 198 valence electrons. The van der Waals surface area contributed by atoms with Crippen LogP contribution in [0.1, 0.15) is 64.1 Å². The lowest BCUT2D eigenvalue weighted by atomic mass is 9.79. The number of benzene rings is 1. The molecule has 1 N–H and O–H groups in total. The Labute approximate surface area is 219 Å². The Bertz CT molecular complexity index is 1320. The molecule has 0 radical (unpaired) electrons. The number of nitrogens with one attached hydrogen (secondary N) is 1. The van der Waals surface area contributed by atoms with E-state index >= 15 is 0 Å². The summed E-state index contributed by atoms with van der Waals surface area (Å²) in [6, 6.07) is 7.73. The van der Waals surface area contributed by atoms with Gasteiger partial charge in [-0.2, -0.15) is 0 Å². The van der Waals surface area contributed by atoms with E-state index in [4.69, 9.17) is 14.2 Å². The van der Waals surface area contributed by atoms with Gasteiger partial charge in [-0.25, -0.2) is 0 Å². The number of anilines is 1. The predicted octanol–water partition coefficient (Wildman–Crippen LogP) is 4.88. The molecular weight excluding hydrogens is 468 g/mol. The van der Waals surface area contributed by atoms with Gasteiger partial charge in [0, 0.05) is 25.1 Å². The second-order valence-corrected chi connectivity index (χ2v) is 11.9. The van der Waals surface area contributed by atoms with Crippen LogP contribution in [-0.4, -0.2) is 39.8 Å². The fourth-order valence-corrected chi connectivity index (χ4v) is 7.40. The molecule has 1 amide bonds. The first kappa shape index (κ1) is 25.4. The van der Waals surface area contributed by atoms with E-state index < -0.39 is 0 Å². The van der Waals surface area contributed by atoms with Crippen LogP contribution in [0.4, 0.5) is 5.69 Å². The van der Waals surface area contributed by atoms with Gasteiger partial charge in [0.15, 0.2) is 11.5 Å². The van der Waals surface area contributed by atoms with E-state index in [2.05, 4.69) is 31.0 Å². The van der Waals surface area contributed by atoms with E-state index in [1.54, 1.807) is 27.4 Å². The van der Waals surface area contributed by atoms with E-state index in [0.29, 0.717) is 36.1 Å². The number of hydrogen-bond donors (Lipinski definition) is 1. The molecule has 2 fully saturated rings. The minimum atomic E-state index is -0.307. The average molecular weight is 507 g/mol. The van der Waals surface area contributed by atoms with Crippen molar-refractivity contribution < 1.29 is 19.0 Å². The molecule has 0 spiro atoms. The number of rotatable bonds is 5. The summed E-state index contributed by atoms with van der Waals surface area (Å²) < 4.78 is 17.2. The summed E-state index contributed by atoms with van der Waals surface area (Å²) in [5, 5.41) is 3.09. The van der Waals surface area contributed by atoms with Crippen LogP contribution in [0.3, 0.4) is 0 Å². The fourth-order valence-electron chi connectivity index (χ4n) is 7.40. The summed E-state index contributed by atoms with van der Waals surface area (Å²) in [7, 11) is 4.81. The molecule has 0 aromatic heterocycles. The van der Waals surface area contributed by atoms with Crippen molar-refractivity contribution >= 4 is 11.6 Å². The van der Waals surface area contributed by atoms with Gasteiger partial charge in [-0.15, -0.1) is 0 Å². The molecule has 1 saturated carbocycles. The van der Waals surface area contributed by atoms with Crippen LogP contribution in [0.2, 0.25) is 0 Å². The molecule has 2 unspecified atom stereocenters. The number of methoxy groups -OCH3 is 3. The summed E-state index contributed by atoms with van der Waals surface area (Å²) in [6.07, 6.45) is 3.59. The van der Waals surface area contributed by atoms with Crippen LogP contribution in [0.15, 0.2) is 29.1 Å². The highest BCUT2D eigenvalue weighted by molar-refractivity contribution is 5.84. The SMILES string of the molecule is COc1cc2c(c(OC)c1OC)-c1ccc(N3CC4(C)CC3C(C)(C)C4)c(=O)cc1[C@H](NC(C)=O)CC2. The van der Waals surface area contributed by atoms with E-state index in [-0.39, 0.29) is 28.2 Å². The highest BCUT2D eigenvalue weighted by Gasteiger charge is 2.56. The van der Waals surface area contributed by atoms with Crippen molar-refractivity contribution in [1.29, 1.82) is 0 Å². The zero-order valence-electron chi connectivity index (χ0n) is 23.0. The Balaban J connectivity index is 1.75. The molecule has 2 aromatic rings. The molecule has 3 aliphatic rings. The van der Waals surface area contributed by atoms with E-state index in [1.165, 1.54) is 13.3 Å². The number of hydrogen-bond acceptors (Lipinski definition) is 6. The quantitative estimate of drug-likeness (QED) is 0.623. The van der Waals surface area contributed by atoms with Crippen LogP contribution in [-0.2, 0) is 11.2 Å². The molecule has 37 heavy (non-hydrogen) atoms. The van der Waals surface area contributed by atoms with Crippen LogP contribution < -0.4 is 29.9 Å². The van der Waals surface area contributed by atoms with Gasteiger partial charge < -0.3 is 24.4 Å². The smallest absolute Gasteiger partial charge is 0.217 e. The molecule has 1 aliphatic heterocycles. The van der Waals surface area contributed by atoms with Gasteiger partial charge in [-0.3, -0.25) is 9.59 Å². The summed E-state index contributed by atoms with van der Waals surface area (Å²) in [4.78, 5) is 28.4. The Kier molecular flexibility index (Phi) is 6.16. The van der Waals surface area contributed by atoms with Crippen molar-refractivity contribution in [3.63, 3.8) is 0 Å². The number of piperidine rings is 1. The number of carbonyl (C=O) groups is 1. The Hall–Kier alpha value is -3.22. The van der Waals surface area contributed by atoms with Crippen molar-refractivity contribution in [2.45, 2.75) is 65.5 Å². The maximum atomic E-state index is 13.9. The number of aryl methyl sites for hydroxylation is 1. The third-order valence-corrected chi connectivity index (χ3v) is 8.60. The Morgan fingerprint density at radius 1 is 1.05 bits per heavy atom. The molecular formula is C30H38N2O5. The number of nitrogens with zero attached hydrogens (tertiary/aromatic N) is 1. The zero-order valence-corrected chi connectivity index (χ0v) is 23.0. The van der Waals surface area contributed by atoms with E-state index in [1.807, 2.05) is 18.2 Å². The molecule has 5 rings (SSSR count). The molecule has 2 bridgehead atoms. The van der Waals surface area contributed by atoms with Gasteiger partial charge in [-0.1, -0.05) is 26.8 Å². The van der Waals surface area contributed by atoms with Gasteiger partial charge in [0.05, 0.1) is 33.1 Å². The summed E-state index contributed by atoms with van der Waals surface area (Å²) >= 11 is 0. The molecule has 7 heteroatoms. The van der Waals surface area contributed by atoms with Gasteiger partial charge in [0.25, 0.3) is 0 Å². The number of fused-ring (bicyclic) bond motifs is 5. The largest absolute Gasteiger partial charge is 0.493 e. The van der Waals surface area contributed by atoms with Gasteiger partial charge >= 0.3 is 0 Å². The normalized spacial score (nSPS) is 25.1. The molecule has 3 atom stereocenters. The maximum absolute atomic E-state index is 13.9. The minimum absolute atomic E-state index is 0.0218. The standard InChI is InChI=1S/C30H38N2O5/c1-17(33)31-21-10-8-18-12-24(35-5)27(36-6)28(37-7)26(18)19-9-11-22(23(34)13-20(19)21)32-16-30(4)14-25(32)29(2,3)15-30/h9,11-13,21,25H,8,10,14-16H2,1-7H3,(H,31,33)/t21-,25?,30?/m1/s1. The maximum Gasteiger partial charge on any atom is 0.217 e. The highest BCUT2D eigenvalue weighted by atomic mass is 16.5. The second kappa shape index (κ2) is 8.96. The highest BCUT2D eigenvalue weighted by Crippen LogP contribution is 2.57. The Morgan fingerprint density at radius 2 is 1.78 bits per heavy atom. The summed E-state index contributed by atoms with van der Waals surface area (Å²) in [6.45, 7) is 9.35. The number of ether oxygens (including phenoxy) is 3. The third-order valence-electron chi connectivity index (χ3n) is 8.60. The number of carbonyl (C=O) groups excluding carboxylic acids is 1. The van der Waals surface area contributed by atoms with Gasteiger partial charge in [0.2, 0.25) is 17.1 Å². The molecule has 2 aliphatic carbocycles. The van der Waals surface area contributed by atoms with Gasteiger partial charge in [0.1, 0.15) is 0 Å². The molecule has 7 nitrogen and oxygen atoms in total. The number of amides is 1. The van der Waals surface area contributed by atoms with Crippen molar-refractivity contribution in [2.24, 2.45) is 10.8 Å². The summed E-state index contributed by atoms with van der Waals surface area (Å²) in [5.41, 5.74) is 4.61. The topological polar surface area (TPSA) is 77.1 Å². The minimum Gasteiger partial charge on any atom is -0.493 e. The summed E-state index contributed by atoms with van der Waals surface area (Å²) in [5.74, 6) is 1.53. The first-order valence-electron chi connectivity index (χ1n) is 13.1. The van der Waals surface area contributed by atoms with Crippen LogP contribution in [0.5, 0.6) is 17.2 Å². The van der Waals surface area contributed by atoms with Gasteiger partial charge in [-0.05, 0) is 71.4 Å². The van der Waals surface area contributed by atoms with Crippen LogP contribution in [0.25, 0.3) is 11.1 Å². The van der Waals surface area contributed by atoms with E-state index in [0.717, 1.165) is 40.9 Å². The fraction of sp³-hybridized carbons (Fsp3) is 0.533. The molecule has 1 saturated heterocycles. The monoisotopic (exact) mass is 506 g/mol. The first-order valence-corrected chi connectivity index (χ1v) is 13.1. The zero-order chi connectivity index (χ0) is 26.7. The van der Waals surface area contributed by atoms with E-state index in [9.17, 15) is 9.59 Å². The molecule has 1 heterocycles. The average Bonchev–Trinajstić information content (AvgIpc) is 3.17. The van der Waals surface area contributed by atoms with Crippen LogP contribution >= 0.6 is 0 Å². The van der Waals surface area contributed by atoms with Crippen LogP contribution in [0, 0.1) is 10.8 Å². The predicted molar refractivity (Wildman–Crippen MR) is 145 cm³/mol. The lowest BCUT2D eigenvalue weighted by molar-refractivity contribution is -0.119. The third kappa shape index (κ3) is 4.12.